The molecule has 160 valence electrons. The number of aryl methyl sites for hydroxylation is 1. The van der Waals surface area contributed by atoms with Crippen LogP contribution in [0.15, 0.2) is 30.5 Å². The maximum absolute atomic E-state index is 13.4. The number of hydrogen-bond acceptors (Lipinski definition) is 4. The number of amides is 2. The molecule has 2 aliphatic rings. The van der Waals surface area contributed by atoms with E-state index in [2.05, 4.69) is 10.00 Å². The first-order chi connectivity index (χ1) is 14.5. The summed E-state index contributed by atoms with van der Waals surface area (Å²) in [7, 11) is 1.85. The number of hydrogen-bond donors (Lipinski definition) is 0. The maximum atomic E-state index is 13.4. The molecule has 3 heterocycles. The highest BCUT2D eigenvalue weighted by atomic mass is 19.1. The van der Waals surface area contributed by atoms with Crippen LogP contribution in [0.5, 0.6) is 0 Å². The molecule has 0 aliphatic carbocycles. The van der Waals surface area contributed by atoms with Crippen molar-refractivity contribution in [3.63, 3.8) is 0 Å². The van der Waals surface area contributed by atoms with Crippen molar-refractivity contribution in [2.75, 3.05) is 37.6 Å². The van der Waals surface area contributed by atoms with Crippen LogP contribution >= 0.6 is 0 Å². The lowest BCUT2D eigenvalue weighted by atomic mass is 9.94. The lowest BCUT2D eigenvalue weighted by Gasteiger charge is -2.39. The van der Waals surface area contributed by atoms with E-state index in [0.717, 1.165) is 23.4 Å². The summed E-state index contributed by atoms with van der Waals surface area (Å²) in [6.07, 6.45) is 3.19. The molecule has 2 aliphatic heterocycles. The minimum Gasteiger partial charge on any atom is -0.368 e. The number of aromatic nitrogens is 2. The maximum Gasteiger partial charge on any atom is 0.233 e. The molecular formula is C22H28FN5O2. The van der Waals surface area contributed by atoms with Gasteiger partial charge in [-0.3, -0.25) is 14.3 Å². The van der Waals surface area contributed by atoms with Crippen LogP contribution in [-0.2, 0) is 23.2 Å². The van der Waals surface area contributed by atoms with Gasteiger partial charge in [-0.1, -0.05) is 6.92 Å². The molecule has 0 bridgehead atoms. The highest BCUT2D eigenvalue weighted by Crippen LogP contribution is 2.30. The molecule has 0 saturated carbocycles. The average molecular weight is 413 g/mol. The van der Waals surface area contributed by atoms with Crippen LogP contribution in [0.4, 0.5) is 10.1 Å². The Labute approximate surface area is 176 Å². The molecule has 8 heteroatoms. The number of piperazine rings is 1. The van der Waals surface area contributed by atoms with Crippen molar-refractivity contribution in [3.8, 4) is 0 Å². The smallest absolute Gasteiger partial charge is 0.233 e. The molecule has 4 rings (SSSR count). The molecule has 0 spiro atoms. The number of benzene rings is 1. The fourth-order valence-electron chi connectivity index (χ4n) is 4.36. The van der Waals surface area contributed by atoms with E-state index in [1.807, 2.05) is 25.1 Å². The van der Waals surface area contributed by atoms with Gasteiger partial charge in [0, 0.05) is 70.2 Å². The van der Waals surface area contributed by atoms with Gasteiger partial charge in [0.05, 0.1) is 5.69 Å². The second-order valence-corrected chi connectivity index (χ2v) is 8.08. The summed E-state index contributed by atoms with van der Waals surface area (Å²) < 4.78 is 14.9. The Kier molecular flexibility index (Phi) is 5.74. The van der Waals surface area contributed by atoms with Crippen LogP contribution in [0.25, 0.3) is 0 Å². The minimum absolute atomic E-state index is 0.0303. The predicted octanol–water partition coefficient (Wildman–Crippen LogP) is 2.13. The Morgan fingerprint density at radius 1 is 1.10 bits per heavy atom. The topological polar surface area (TPSA) is 61.7 Å². The van der Waals surface area contributed by atoms with Crippen LogP contribution in [0.1, 0.15) is 36.9 Å². The van der Waals surface area contributed by atoms with Crippen molar-refractivity contribution in [1.82, 2.24) is 19.6 Å². The molecular weight excluding hydrogens is 385 g/mol. The highest BCUT2D eigenvalue weighted by molar-refractivity contribution is 5.86. The molecule has 0 unspecified atom stereocenters. The second kappa shape index (κ2) is 8.45. The fourth-order valence-corrected chi connectivity index (χ4v) is 4.36. The number of carbonyl (C=O) groups is 2. The van der Waals surface area contributed by atoms with Gasteiger partial charge in [-0.05, 0) is 30.7 Å². The first kappa shape index (κ1) is 20.4. The van der Waals surface area contributed by atoms with Crippen LogP contribution in [0.2, 0.25) is 0 Å². The molecule has 30 heavy (non-hydrogen) atoms. The molecule has 1 fully saturated rings. The van der Waals surface area contributed by atoms with Gasteiger partial charge in [-0.15, -0.1) is 0 Å². The van der Waals surface area contributed by atoms with Crippen LogP contribution in [0.3, 0.4) is 0 Å². The van der Waals surface area contributed by atoms with Crippen LogP contribution in [0, 0.1) is 5.82 Å². The van der Waals surface area contributed by atoms with Crippen molar-refractivity contribution < 1.29 is 14.0 Å². The lowest BCUT2D eigenvalue weighted by molar-refractivity contribution is -0.137. The zero-order chi connectivity index (χ0) is 21.3. The Balaban J connectivity index is 1.47. The van der Waals surface area contributed by atoms with E-state index in [9.17, 15) is 14.0 Å². The third-order valence-electron chi connectivity index (χ3n) is 5.93. The van der Waals surface area contributed by atoms with Gasteiger partial charge in [0.1, 0.15) is 11.7 Å². The molecule has 1 aromatic heterocycles. The van der Waals surface area contributed by atoms with E-state index >= 15 is 0 Å². The largest absolute Gasteiger partial charge is 0.368 e. The summed E-state index contributed by atoms with van der Waals surface area (Å²) in [4.78, 5) is 31.8. The Bertz CT molecular complexity index is 918. The van der Waals surface area contributed by atoms with Crippen LogP contribution < -0.4 is 4.90 Å². The normalized spacial score (nSPS) is 19.0. The Morgan fingerprint density at radius 3 is 2.47 bits per heavy atom. The predicted molar refractivity (Wildman–Crippen MR) is 111 cm³/mol. The Hall–Kier alpha value is -2.90. The summed E-state index contributed by atoms with van der Waals surface area (Å²) >= 11 is 0. The molecule has 1 aromatic carbocycles. The van der Waals surface area contributed by atoms with Gasteiger partial charge in [-0.25, -0.2) is 4.39 Å². The third-order valence-corrected chi connectivity index (χ3v) is 5.93. The quantitative estimate of drug-likeness (QED) is 0.771. The fraction of sp³-hybridized carbons (Fsp3) is 0.500. The zero-order valence-corrected chi connectivity index (χ0v) is 17.6. The van der Waals surface area contributed by atoms with Crippen molar-refractivity contribution >= 4 is 17.5 Å². The van der Waals surface area contributed by atoms with E-state index in [4.69, 9.17) is 0 Å². The second-order valence-electron chi connectivity index (χ2n) is 8.08. The Morgan fingerprint density at radius 2 is 1.80 bits per heavy atom. The molecule has 2 amide bonds. The molecule has 2 aromatic rings. The SMILES string of the molecule is CCCC(=O)N1Cc2cn(C)nc2[C@@H](C(=O)N2CCN(c3ccc(F)cc3)CC2)C1. The van der Waals surface area contributed by atoms with Gasteiger partial charge in [-0.2, -0.15) is 5.10 Å². The van der Waals surface area contributed by atoms with Gasteiger partial charge >= 0.3 is 0 Å². The van der Waals surface area contributed by atoms with Gasteiger partial charge in [0.2, 0.25) is 11.8 Å². The van der Waals surface area contributed by atoms with Gasteiger partial charge in [0.15, 0.2) is 0 Å². The van der Waals surface area contributed by atoms with E-state index in [-0.39, 0.29) is 17.6 Å². The zero-order valence-electron chi connectivity index (χ0n) is 17.6. The highest BCUT2D eigenvalue weighted by Gasteiger charge is 2.37. The van der Waals surface area contributed by atoms with Gasteiger partial charge in [0.25, 0.3) is 0 Å². The molecule has 1 atom stereocenters. The summed E-state index contributed by atoms with van der Waals surface area (Å²) in [5, 5.41) is 4.54. The number of fused-ring (bicyclic) bond motifs is 1. The van der Waals surface area contributed by atoms with Gasteiger partial charge < -0.3 is 14.7 Å². The minimum atomic E-state index is -0.423. The number of rotatable bonds is 4. The molecule has 1 saturated heterocycles. The van der Waals surface area contributed by atoms with Crippen molar-refractivity contribution in [2.24, 2.45) is 7.05 Å². The van der Waals surface area contributed by atoms with Crippen molar-refractivity contribution in [3.05, 3.63) is 47.5 Å². The monoisotopic (exact) mass is 413 g/mol. The molecule has 0 radical (unpaired) electrons. The summed E-state index contributed by atoms with van der Waals surface area (Å²) in [5.41, 5.74) is 2.71. The standard InChI is InChI=1S/C22H28FN5O2/c1-3-4-20(29)28-14-16-13-25(2)24-21(16)19(15-28)22(30)27-11-9-26(10-12-27)18-7-5-17(23)6-8-18/h5-8,13,19H,3-4,9-12,14-15H2,1-2H3/t19-/m0/s1. The van der Waals surface area contributed by atoms with Crippen molar-refractivity contribution in [2.45, 2.75) is 32.2 Å². The molecule has 7 nitrogen and oxygen atoms in total. The lowest BCUT2D eigenvalue weighted by Crippen LogP contribution is -2.52. The van der Waals surface area contributed by atoms with Crippen molar-refractivity contribution in [1.29, 1.82) is 0 Å². The summed E-state index contributed by atoms with van der Waals surface area (Å²) in [6, 6.07) is 6.45. The number of anilines is 1. The average Bonchev–Trinajstić information content (AvgIpc) is 3.13. The van der Waals surface area contributed by atoms with Crippen LogP contribution in [-0.4, -0.2) is 64.1 Å². The van der Waals surface area contributed by atoms with E-state index in [1.54, 1.807) is 21.7 Å². The first-order valence-electron chi connectivity index (χ1n) is 10.6. The first-order valence-corrected chi connectivity index (χ1v) is 10.6. The van der Waals surface area contributed by atoms with E-state index in [0.29, 0.717) is 45.7 Å². The third kappa shape index (κ3) is 4.04. The number of nitrogens with zero attached hydrogens (tertiary/aromatic N) is 5. The number of carbonyl (C=O) groups excluding carboxylic acids is 2. The van der Waals surface area contributed by atoms with E-state index in [1.165, 1.54) is 12.1 Å². The summed E-state index contributed by atoms with van der Waals surface area (Å²) in [5.74, 6) is -0.556. The summed E-state index contributed by atoms with van der Waals surface area (Å²) in [6.45, 7) is 5.47. The number of halogens is 1. The molecule has 0 N–H and O–H groups in total. The van der Waals surface area contributed by atoms with E-state index < -0.39 is 5.92 Å².